The minimum atomic E-state index is 0.767. The Labute approximate surface area is 84.7 Å². The Bertz CT molecular complexity index is 271. The molecule has 2 heteroatoms. The predicted molar refractivity (Wildman–Crippen MR) is 56.7 cm³/mol. The normalized spacial score (nSPS) is 10.2. The second-order valence-electron chi connectivity index (χ2n) is 3.22. The van der Waals surface area contributed by atoms with Gasteiger partial charge in [0, 0.05) is 5.02 Å². The van der Waals surface area contributed by atoms with Crippen molar-refractivity contribution in [2.45, 2.75) is 27.2 Å². The van der Waals surface area contributed by atoms with E-state index in [1.165, 1.54) is 0 Å². The Morgan fingerprint density at radius 1 is 1.23 bits per heavy atom. The molecule has 0 saturated heterocycles. The Balaban J connectivity index is 2.92. The zero-order valence-corrected chi connectivity index (χ0v) is 9.11. The summed E-state index contributed by atoms with van der Waals surface area (Å²) in [6.45, 7) is 6.90. The second-order valence-corrected chi connectivity index (χ2v) is 3.65. The van der Waals surface area contributed by atoms with E-state index in [2.05, 4.69) is 6.92 Å². The van der Waals surface area contributed by atoms with Gasteiger partial charge < -0.3 is 4.74 Å². The Kier molecular flexibility index (Phi) is 3.61. The van der Waals surface area contributed by atoms with Crippen LogP contribution in [0.3, 0.4) is 0 Å². The lowest BCUT2D eigenvalue weighted by atomic mass is 10.1. The summed E-state index contributed by atoms with van der Waals surface area (Å²) in [7, 11) is 0. The predicted octanol–water partition coefficient (Wildman–Crippen LogP) is 3.75. The van der Waals surface area contributed by atoms with Gasteiger partial charge in [-0.2, -0.15) is 0 Å². The highest BCUT2D eigenvalue weighted by Crippen LogP contribution is 2.26. The zero-order chi connectivity index (χ0) is 9.84. The molecule has 0 aromatic heterocycles. The molecule has 13 heavy (non-hydrogen) atoms. The van der Waals surface area contributed by atoms with Crippen LogP contribution in [0.4, 0.5) is 0 Å². The first-order valence-electron chi connectivity index (χ1n) is 4.54. The van der Waals surface area contributed by atoms with Crippen LogP contribution >= 0.6 is 11.6 Å². The molecule has 0 radical (unpaired) electrons. The molecule has 0 unspecified atom stereocenters. The molecule has 1 aromatic carbocycles. The van der Waals surface area contributed by atoms with Gasteiger partial charge in [0.2, 0.25) is 0 Å². The van der Waals surface area contributed by atoms with E-state index < -0.39 is 0 Å². The summed E-state index contributed by atoms with van der Waals surface area (Å²) in [4.78, 5) is 0. The highest BCUT2D eigenvalue weighted by Gasteiger charge is 2.04. The summed E-state index contributed by atoms with van der Waals surface area (Å²) in [6.07, 6.45) is 1.03. The molecule has 0 atom stereocenters. The van der Waals surface area contributed by atoms with Crippen LogP contribution in [-0.4, -0.2) is 6.61 Å². The fourth-order valence-electron chi connectivity index (χ4n) is 1.33. The molecule has 0 N–H and O–H groups in total. The number of ether oxygens (including phenoxy) is 1. The Morgan fingerprint density at radius 3 is 2.23 bits per heavy atom. The van der Waals surface area contributed by atoms with Crippen molar-refractivity contribution in [3.63, 3.8) is 0 Å². The minimum absolute atomic E-state index is 0.767. The van der Waals surface area contributed by atoms with Crippen LogP contribution in [0.2, 0.25) is 5.02 Å². The third-order valence-electron chi connectivity index (χ3n) is 1.88. The highest BCUT2D eigenvalue weighted by molar-refractivity contribution is 6.30. The van der Waals surface area contributed by atoms with Crippen LogP contribution in [0.1, 0.15) is 24.5 Å². The molecule has 0 heterocycles. The summed E-state index contributed by atoms with van der Waals surface area (Å²) >= 11 is 5.90. The van der Waals surface area contributed by atoms with E-state index in [-0.39, 0.29) is 0 Å². The molecule has 0 aliphatic heterocycles. The van der Waals surface area contributed by atoms with E-state index in [4.69, 9.17) is 16.3 Å². The average Bonchev–Trinajstić information content (AvgIpc) is 2.02. The first-order chi connectivity index (χ1) is 6.15. The van der Waals surface area contributed by atoms with Gasteiger partial charge in [-0.25, -0.2) is 0 Å². The van der Waals surface area contributed by atoms with Crippen LogP contribution in [0, 0.1) is 13.8 Å². The molecular formula is C11H15ClO. The number of hydrogen-bond donors (Lipinski definition) is 0. The number of benzene rings is 1. The molecule has 0 aliphatic rings. The van der Waals surface area contributed by atoms with E-state index in [0.29, 0.717) is 0 Å². The third-order valence-corrected chi connectivity index (χ3v) is 2.09. The number of hydrogen-bond acceptors (Lipinski definition) is 1. The van der Waals surface area contributed by atoms with E-state index in [0.717, 1.165) is 34.9 Å². The maximum Gasteiger partial charge on any atom is 0.125 e. The molecule has 1 aromatic rings. The highest BCUT2D eigenvalue weighted by atomic mass is 35.5. The maximum atomic E-state index is 5.90. The van der Waals surface area contributed by atoms with Crippen LogP contribution in [-0.2, 0) is 0 Å². The van der Waals surface area contributed by atoms with Gasteiger partial charge in [-0.15, -0.1) is 0 Å². The van der Waals surface area contributed by atoms with Gasteiger partial charge in [-0.1, -0.05) is 18.5 Å². The smallest absolute Gasteiger partial charge is 0.125 e. The third kappa shape index (κ3) is 2.63. The summed E-state index contributed by atoms with van der Waals surface area (Å²) < 4.78 is 5.61. The fourth-order valence-corrected chi connectivity index (χ4v) is 1.66. The van der Waals surface area contributed by atoms with Crippen LogP contribution in [0.15, 0.2) is 12.1 Å². The summed E-state index contributed by atoms with van der Waals surface area (Å²) in [6, 6.07) is 3.86. The first kappa shape index (κ1) is 10.4. The standard InChI is InChI=1S/C11H15ClO/c1-4-5-13-11-8(2)6-10(12)7-9(11)3/h6-7H,4-5H2,1-3H3. The molecule has 0 spiro atoms. The molecule has 0 saturated carbocycles. The largest absolute Gasteiger partial charge is 0.493 e. The van der Waals surface area contributed by atoms with Crippen molar-refractivity contribution in [2.75, 3.05) is 6.61 Å². The van der Waals surface area contributed by atoms with Crippen LogP contribution in [0.25, 0.3) is 0 Å². The molecule has 1 rings (SSSR count). The average molecular weight is 199 g/mol. The second kappa shape index (κ2) is 4.52. The molecule has 0 aliphatic carbocycles. The molecule has 0 bridgehead atoms. The van der Waals surface area contributed by atoms with Crippen molar-refractivity contribution in [1.29, 1.82) is 0 Å². The van der Waals surface area contributed by atoms with Crippen LogP contribution < -0.4 is 4.74 Å². The lowest BCUT2D eigenvalue weighted by Crippen LogP contribution is -1.98. The van der Waals surface area contributed by atoms with Gasteiger partial charge >= 0.3 is 0 Å². The van der Waals surface area contributed by atoms with Crippen molar-refractivity contribution < 1.29 is 4.74 Å². The molecule has 0 amide bonds. The summed E-state index contributed by atoms with van der Waals surface area (Å²) in [5.74, 6) is 0.978. The Hall–Kier alpha value is -0.690. The monoisotopic (exact) mass is 198 g/mol. The van der Waals surface area contributed by atoms with E-state index in [9.17, 15) is 0 Å². The van der Waals surface area contributed by atoms with Gasteiger partial charge in [0.15, 0.2) is 0 Å². The van der Waals surface area contributed by atoms with E-state index in [1.807, 2.05) is 26.0 Å². The number of halogens is 1. The lowest BCUT2D eigenvalue weighted by Gasteiger charge is -2.11. The zero-order valence-electron chi connectivity index (χ0n) is 8.36. The van der Waals surface area contributed by atoms with Gasteiger partial charge in [-0.05, 0) is 43.5 Å². The quantitative estimate of drug-likeness (QED) is 0.719. The lowest BCUT2D eigenvalue weighted by molar-refractivity contribution is 0.313. The molecular weight excluding hydrogens is 184 g/mol. The number of aryl methyl sites for hydroxylation is 2. The summed E-state index contributed by atoms with van der Waals surface area (Å²) in [5.41, 5.74) is 2.22. The van der Waals surface area contributed by atoms with Gasteiger partial charge in [0.25, 0.3) is 0 Å². The maximum absolute atomic E-state index is 5.90. The van der Waals surface area contributed by atoms with E-state index in [1.54, 1.807) is 0 Å². The first-order valence-corrected chi connectivity index (χ1v) is 4.92. The topological polar surface area (TPSA) is 9.23 Å². The fraction of sp³-hybridized carbons (Fsp3) is 0.455. The van der Waals surface area contributed by atoms with Crippen molar-refractivity contribution >= 4 is 11.6 Å². The molecule has 72 valence electrons. The number of rotatable bonds is 3. The van der Waals surface area contributed by atoms with Crippen molar-refractivity contribution in [2.24, 2.45) is 0 Å². The van der Waals surface area contributed by atoms with E-state index >= 15 is 0 Å². The van der Waals surface area contributed by atoms with Gasteiger partial charge in [0.1, 0.15) is 5.75 Å². The van der Waals surface area contributed by atoms with Gasteiger partial charge in [-0.3, -0.25) is 0 Å². The SMILES string of the molecule is CCCOc1c(C)cc(Cl)cc1C. The van der Waals surface area contributed by atoms with Crippen molar-refractivity contribution in [3.8, 4) is 5.75 Å². The minimum Gasteiger partial charge on any atom is -0.493 e. The molecule has 1 nitrogen and oxygen atoms in total. The van der Waals surface area contributed by atoms with Gasteiger partial charge in [0.05, 0.1) is 6.61 Å². The summed E-state index contributed by atoms with van der Waals surface area (Å²) in [5, 5.41) is 0.777. The Morgan fingerprint density at radius 2 is 1.77 bits per heavy atom. The van der Waals surface area contributed by atoms with Crippen molar-refractivity contribution in [3.05, 3.63) is 28.3 Å². The molecule has 0 fully saturated rings. The van der Waals surface area contributed by atoms with Crippen LogP contribution in [0.5, 0.6) is 5.75 Å². The van der Waals surface area contributed by atoms with Crippen molar-refractivity contribution in [1.82, 2.24) is 0 Å².